The van der Waals surface area contributed by atoms with Crippen molar-refractivity contribution in [2.45, 2.75) is 38.6 Å². The lowest BCUT2D eigenvalue weighted by Crippen LogP contribution is -2.70. The minimum atomic E-state index is -3.04. The fourth-order valence-electron chi connectivity index (χ4n) is 2.24. The van der Waals surface area contributed by atoms with Gasteiger partial charge < -0.3 is 5.73 Å². The van der Waals surface area contributed by atoms with E-state index in [-0.39, 0.29) is 11.3 Å². The molecule has 4 nitrogen and oxygen atoms in total. The molecular formula is C11H22N2O2S. The Kier molecular flexibility index (Phi) is 3.05. The van der Waals surface area contributed by atoms with Crippen LogP contribution in [0.3, 0.4) is 0 Å². The fourth-order valence-corrected chi connectivity index (χ4v) is 4.14. The molecule has 1 aliphatic heterocycles. The Morgan fingerprint density at radius 2 is 1.94 bits per heavy atom. The molecule has 1 saturated heterocycles. The van der Waals surface area contributed by atoms with Crippen molar-refractivity contribution in [2.75, 3.05) is 18.8 Å². The lowest BCUT2D eigenvalue weighted by atomic mass is 9.88. The van der Waals surface area contributed by atoms with Gasteiger partial charge in [0.05, 0.1) is 5.75 Å². The van der Waals surface area contributed by atoms with Crippen LogP contribution in [-0.2, 0) is 10.0 Å². The average molecular weight is 246 g/mol. The van der Waals surface area contributed by atoms with E-state index < -0.39 is 10.0 Å². The lowest BCUT2D eigenvalue weighted by Gasteiger charge is -2.47. The van der Waals surface area contributed by atoms with Gasteiger partial charge >= 0.3 is 0 Å². The molecule has 0 atom stereocenters. The van der Waals surface area contributed by atoms with E-state index in [1.54, 1.807) is 4.31 Å². The van der Waals surface area contributed by atoms with Crippen LogP contribution in [0.25, 0.3) is 0 Å². The van der Waals surface area contributed by atoms with E-state index in [0.29, 0.717) is 24.9 Å². The number of sulfonamides is 1. The molecule has 0 bridgehead atoms. The summed E-state index contributed by atoms with van der Waals surface area (Å²) in [4.78, 5) is 0. The van der Waals surface area contributed by atoms with Crippen LogP contribution in [0.2, 0.25) is 0 Å². The lowest BCUT2D eigenvalue weighted by molar-refractivity contribution is 0.135. The Hall–Kier alpha value is -0.130. The molecule has 2 aliphatic rings. The van der Waals surface area contributed by atoms with E-state index in [1.807, 2.05) is 13.8 Å². The third kappa shape index (κ3) is 2.41. The van der Waals surface area contributed by atoms with Crippen molar-refractivity contribution in [3.05, 3.63) is 0 Å². The number of hydrogen-bond acceptors (Lipinski definition) is 3. The third-order valence-corrected chi connectivity index (χ3v) is 5.48. The normalized spacial score (nSPS) is 25.8. The maximum Gasteiger partial charge on any atom is 0.214 e. The Bertz CT molecular complexity index is 354. The Labute approximate surface area is 98.2 Å². The zero-order valence-corrected chi connectivity index (χ0v) is 11.0. The van der Waals surface area contributed by atoms with Crippen molar-refractivity contribution in [1.29, 1.82) is 0 Å². The van der Waals surface area contributed by atoms with Gasteiger partial charge in [-0.25, -0.2) is 8.42 Å². The van der Waals surface area contributed by atoms with Crippen molar-refractivity contribution < 1.29 is 8.42 Å². The topological polar surface area (TPSA) is 63.4 Å². The van der Waals surface area contributed by atoms with Crippen molar-refractivity contribution in [2.24, 2.45) is 17.6 Å². The molecular weight excluding hydrogens is 224 g/mol. The van der Waals surface area contributed by atoms with Crippen molar-refractivity contribution >= 4 is 10.0 Å². The predicted octanol–water partition coefficient (Wildman–Crippen LogP) is 0.785. The van der Waals surface area contributed by atoms with Crippen LogP contribution >= 0.6 is 0 Å². The molecule has 0 radical (unpaired) electrons. The minimum Gasteiger partial charge on any atom is -0.323 e. The number of nitrogens with zero attached hydrogens (tertiary/aromatic N) is 1. The largest absolute Gasteiger partial charge is 0.323 e. The quantitative estimate of drug-likeness (QED) is 0.780. The van der Waals surface area contributed by atoms with E-state index in [9.17, 15) is 8.42 Å². The molecule has 16 heavy (non-hydrogen) atoms. The predicted molar refractivity (Wildman–Crippen MR) is 64.5 cm³/mol. The first-order valence-corrected chi connectivity index (χ1v) is 7.71. The van der Waals surface area contributed by atoms with Crippen molar-refractivity contribution in [3.63, 3.8) is 0 Å². The first kappa shape index (κ1) is 12.3. The van der Waals surface area contributed by atoms with Gasteiger partial charge in [0, 0.05) is 18.6 Å². The van der Waals surface area contributed by atoms with Crippen LogP contribution < -0.4 is 5.73 Å². The summed E-state index contributed by atoms with van der Waals surface area (Å²) in [7, 11) is -3.04. The summed E-state index contributed by atoms with van der Waals surface area (Å²) in [5.41, 5.74) is 5.94. The summed E-state index contributed by atoms with van der Waals surface area (Å²) in [5.74, 6) is 1.27. The molecule has 1 aliphatic carbocycles. The summed E-state index contributed by atoms with van der Waals surface area (Å²) in [6.07, 6.45) is 3.09. The monoisotopic (exact) mass is 246 g/mol. The maximum atomic E-state index is 11.9. The van der Waals surface area contributed by atoms with E-state index in [1.165, 1.54) is 12.8 Å². The molecule has 2 N–H and O–H groups in total. The summed E-state index contributed by atoms with van der Waals surface area (Å²) < 4.78 is 25.4. The third-order valence-electron chi connectivity index (χ3n) is 3.68. The van der Waals surface area contributed by atoms with E-state index in [4.69, 9.17) is 5.73 Å². The van der Waals surface area contributed by atoms with Gasteiger partial charge in [-0.1, -0.05) is 13.8 Å². The van der Waals surface area contributed by atoms with Gasteiger partial charge in [-0.15, -0.1) is 0 Å². The van der Waals surface area contributed by atoms with E-state index in [2.05, 4.69) is 0 Å². The molecule has 94 valence electrons. The smallest absolute Gasteiger partial charge is 0.214 e. The Morgan fingerprint density at radius 1 is 1.38 bits per heavy atom. The van der Waals surface area contributed by atoms with Crippen LogP contribution in [0.5, 0.6) is 0 Å². The van der Waals surface area contributed by atoms with Crippen LogP contribution in [0.15, 0.2) is 0 Å². The number of nitrogens with two attached hydrogens (primary N) is 1. The average Bonchev–Trinajstić information content (AvgIpc) is 2.93. The molecule has 2 rings (SSSR count). The van der Waals surface area contributed by atoms with Crippen LogP contribution in [0.1, 0.15) is 33.1 Å². The first-order chi connectivity index (χ1) is 7.33. The maximum absolute atomic E-state index is 11.9. The molecule has 0 aromatic carbocycles. The highest BCUT2D eigenvalue weighted by molar-refractivity contribution is 7.89. The highest BCUT2D eigenvalue weighted by Gasteiger charge is 2.53. The fraction of sp³-hybridized carbons (Fsp3) is 1.00. The Morgan fingerprint density at radius 3 is 2.38 bits per heavy atom. The van der Waals surface area contributed by atoms with Crippen LogP contribution in [0, 0.1) is 11.8 Å². The van der Waals surface area contributed by atoms with Gasteiger partial charge in [0.15, 0.2) is 0 Å². The summed E-state index contributed by atoms with van der Waals surface area (Å²) in [5, 5.41) is 0. The standard InChI is InChI=1S/C11H22N2O2S/c1-9(2)5-6-16(14,15)13-7-11(12,8-13)10-3-4-10/h9-10H,3-8,12H2,1-2H3. The SMILES string of the molecule is CC(C)CCS(=O)(=O)N1CC(N)(C2CC2)C1. The highest BCUT2D eigenvalue weighted by atomic mass is 32.2. The molecule has 0 amide bonds. The van der Waals surface area contributed by atoms with Gasteiger partial charge in [0.25, 0.3) is 0 Å². The highest BCUT2D eigenvalue weighted by Crippen LogP contribution is 2.43. The number of hydrogen-bond donors (Lipinski definition) is 1. The summed E-state index contributed by atoms with van der Waals surface area (Å²) in [6.45, 7) is 5.17. The van der Waals surface area contributed by atoms with Gasteiger partial charge in [-0.3, -0.25) is 0 Å². The van der Waals surface area contributed by atoms with Crippen LogP contribution in [0.4, 0.5) is 0 Å². The molecule has 0 unspecified atom stereocenters. The van der Waals surface area contributed by atoms with Gasteiger partial charge in [-0.05, 0) is 31.1 Å². The summed E-state index contributed by atoms with van der Waals surface area (Å²) in [6, 6.07) is 0. The van der Waals surface area contributed by atoms with Gasteiger partial charge in [0.2, 0.25) is 10.0 Å². The van der Waals surface area contributed by atoms with Crippen molar-refractivity contribution in [1.82, 2.24) is 4.31 Å². The zero-order valence-electron chi connectivity index (χ0n) is 10.1. The zero-order chi connectivity index (χ0) is 12.0. The molecule has 1 saturated carbocycles. The molecule has 1 heterocycles. The molecule has 0 spiro atoms. The molecule has 0 aromatic heterocycles. The van der Waals surface area contributed by atoms with Gasteiger partial charge in [0.1, 0.15) is 0 Å². The number of rotatable bonds is 5. The van der Waals surface area contributed by atoms with E-state index in [0.717, 1.165) is 6.42 Å². The Balaban J connectivity index is 1.85. The van der Waals surface area contributed by atoms with E-state index >= 15 is 0 Å². The molecule has 0 aromatic rings. The second kappa shape index (κ2) is 3.96. The second-order valence-electron chi connectivity index (χ2n) is 5.77. The van der Waals surface area contributed by atoms with Crippen LogP contribution in [-0.4, -0.2) is 37.1 Å². The molecule has 5 heteroatoms. The minimum absolute atomic E-state index is 0.203. The van der Waals surface area contributed by atoms with Gasteiger partial charge in [-0.2, -0.15) is 4.31 Å². The van der Waals surface area contributed by atoms with Crippen molar-refractivity contribution in [3.8, 4) is 0 Å². The second-order valence-corrected chi connectivity index (χ2v) is 7.86. The summed E-state index contributed by atoms with van der Waals surface area (Å²) >= 11 is 0. The molecule has 2 fully saturated rings. The first-order valence-electron chi connectivity index (χ1n) is 6.10.